The molecule has 3 aromatic rings. The molecular formula is C20H19F2N3O3S2. The first kappa shape index (κ1) is 22.0. The SMILES string of the molecule is CCC(C)NS(=O)(=O)c1ccc(C(=O)Nc2nc(-c3cc(F)ccc3F)cs2)cc1. The van der Waals surface area contributed by atoms with Crippen molar-refractivity contribution in [2.45, 2.75) is 31.2 Å². The first-order valence-corrected chi connectivity index (χ1v) is 11.4. The van der Waals surface area contributed by atoms with E-state index in [1.54, 1.807) is 6.92 Å². The van der Waals surface area contributed by atoms with E-state index >= 15 is 0 Å². The summed E-state index contributed by atoms with van der Waals surface area (Å²) in [6.45, 7) is 3.63. The van der Waals surface area contributed by atoms with Gasteiger partial charge in [-0.3, -0.25) is 10.1 Å². The molecule has 10 heteroatoms. The Balaban J connectivity index is 1.73. The lowest BCUT2D eigenvalue weighted by Gasteiger charge is -2.12. The second-order valence-corrected chi connectivity index (χ2v) is 9.14. The van der Waals surface area contributed by atoms with E-state index in [0.29, 0.717) is 6.42 Å². The Morgan fingerprint density at radius 3 is 2.53 bits per heavy atom. The minimum Gasteiger partial charge on any atom is -0.298 e. The number of hydrogen-bond acceptors (Lipinski definition) is 5. The molecule has 30 heavy (non-hydrogen) atoms. The molecular weight excluding hydrogens is 432 g/mol. The summed E-state index contributed by atoms with van der Waals surface area (Å²) in [6.07, 6.45) is 0.648. The predicted octanol–water partition coefficient (Wildman–Crippen LogP) is 4.42. The van der Waals surface area contributed by atoms with Crippen LogP contribution in [-0.2, 0) is 10.0 Å². The molecule has 1 unspecified atom stereocenters. The average molecular weight is 452 g/mol. The lowest BCUT2D eigenvalue weighted by molar-refractivity contribution is 0.102. The van der Waals surface area contributed by atoms with Gasteiger partial charge in [0.25, 0.3) is 5.91 Å². The van der Waals surface area contributed by atoms with Crippen molar-refractivity contribution < 1.29 is 22.0 Å². The molecule has 0 aliphatic rings. The van der Waals surface area contributed by atoms with Crippen molar-refractivity contribution in [3.05, 3.63) is 65.0 Å². The Kier molecular flexibility index (Phi) is 6.59. The van der Waals surface area contributed by atoms with Gasteiger partial charge in [0.1, 0.15) is 11.6 Å². The molecule has 0 aliphatic carbocycles. The smallest absolute Gasteiger partial charge is 0.257 e. The van der Waals surface area contributed by atoms with Crippen molar-refractivity contribution in [3.8, 4) is 11.3 Å². The van der Waals surface area contributed by atoms with Gasteiger partial charge in [-0.2, -0.15) is 0 Å². The molecule has 0 fully saturated rings. The second kappa shape index (κ2) is 8.99. The molecule has 3 rings (SSSR count). The van der Waals surface area contributed by atoms with Gasteiger partial charge in [0.05, 0.1) is 10.6 Å². The van der Waals surface area contributed by atoms with Crippen LogP contribution >= 0.6 is 11.3 Å². The third kappa shape index (κ3) is 5.07. The number of anilines is 1. The normalized spacial score (nSPS) is 12.5. The average Bonchev–Trinajstić information content (AvgIpc) is 3.17. The topological polar surface area (TPSA) is 88.2 Å². The molecule has 1 aromatic heterocycles. The van der Waals surface area contributed by atoms with E-state index in [-0.39, 0.29) is 32.9 Å². The van der Waals surface area contributed by atoms with E-state index in [1.807, 2.05) is 6.92 Å². The zero-order valence-electron chi connectivity index (χ0n) is 16.1. The fourth-order valence-electron chi connectivity index (χ4n) is 2.52. The van der Waals surface area contributed by atoms with Crippen LogP contribution in [0.25, 0.3) is 11.3 Å². The number of sulfonamides is 1. The van der Waals surface area contributed by atoms with Gasteiger partial charge in [0.2, 0.25) is 10.0 Å². The Labute approximate surface area is 177 Å². The Morgan fingerprint density at radius 1 is 1.17 bits per heavy atom. The number of amides is 1. The first-order chi connectivity index (χ1) is 14.2. The number of thiazole rings is 1. The Morgan fingerprint density at radius 2 is 1.87 bits per heavy atom. The summed E-state index contributed by atoms with van der Waals surface area (Å²) >= 11 is 1.06. The van der Waals surface area contributed by atoms with E-state index < -0.39 is 27.6 Å². The van der Waals surface area contributed by atoms with E-state index in [1.165, 1.54) is 29.6 Å². The number of carbonyl (C=O) groups excluding carboxylic acids is 1. The summed E-state index contributed by atoms with van der Waals surface area (Å²) in [5.74, 6) is -1.72. The van der Waals surface area contributed by atoms with Crippen LogP contribution < -0.4 is 10.0 Å². The molecule has 0 aliphatic heterocycles. The molecule has 2 N–H and O–H groups in total. The highest BCUT2D eigenvalue weighted by atomic mass is 32.2. The van der Waals surface area contributed by atoms with Gasteiger partial charge >= 0.3 is 0 Å². The van der Waals surface area contributed by atoms with Crippen LogP contribution in [-0.4, -0.2) is 25.4 Å². The van der Waals surface area contributed by atoms with Gasteiger partial charge in [-0.25, -0.2) is 26.9 Å². The van der Waals surface area contributed by atoms with Gasteiger partial charge in [-0.1, -0.05) is 6.92 Å². The molecule has 0 saturated carbocycles. The minimum absolute atomic E-state index is 0.00452. The number of hydrogen-bond donors (Lipinski definition) is 2. The molecule has 0 spiro atoms. The van der Waals surface area contributed by atoms with Crippen LogP contribution in [0, 0.1) is 11.6 Å². The van der Waals surface area contributed by atoms with Crippen molar-refractivity contribution in [2.75, 3.05) is 5.32 Å². The number of carbonyl (C=O) groups is 1. The van der Waals surface area contributed by atoms with E-state index in [9.17, 15) is 22.0 Å². The number of benzene rings is 2. The van der Waals surface area contributed by atoms with Crippen molar-refractivity contribution >= 4 is 32.4 Å². The third-order valence-electron chi connectivity index (χ3n) is 4.32. The molecule has 2 aromatic carbocycles. The molecule has 0 bridgehead atoms. The zero-order valence-corrected chi connectivity index (χ0v) is 17.8. The van der Waals surface area contributed by atoms with Gasteiger partial charge < -0.3 is 0 Å². The third-order valence-corrected chi connectivity index (χ3v) is 6.69. The largest absolute Gasteiger partial charge is 0.298 e. The Hall–Kier alpha value is -2.69. The van der Waals surface area contributed by atoms with E-state index in [2.05, 4.69) is 15.0 Å². The lowest BCUT2D eigenvalue weighted by Crippen LogP contribution is -2.32. The number of rotatable bonds is 7. The molecule has 158 valence electrons. The van der Waals surface area contributed by atoms with Crippen LogP contribution in [0.2, 0.25) is 0 Å². The standard InChI is InChI=1S/C20H19F2N3O3S2/c1-3-12(2)25-30(27,28)15-7-4-13(5-8-15)19(26)24-20-23-18(11-29-20)16-10-14(21)6-9-17(16)22/h4-12,25H,3H2,1-2H3,(H,23,24,26). The number of halogens is 2. The molecule has 0 radical (unpaired) electrons. The summed E-state index contributed by atoms with van der Waals surface area (Å²) in [7, 11) is -3.67. The maximum atomic E-state index is 13.9. The highest BCUT2D eigenvalue weighted by Crippen LogP contribution is 2.28. The van der Waals surface area contributed by atoms with Gasteiger partial charge in [-0.15, -0.1) is 11.3 Å². The predicted molar refractivity (Wildman–Crippen MR) is 112 cm³/mol. The summed E-state index contributed by atoms with van der Waals surface area (Å²) in [4.78, 5) is 16.6. The summed E-state index contributed by atoms with van der Waals surface area (Å²) in [6, 6.07) is 8.30. The van der Waals surface area contributed by atoms with Gasteiger partial charge in [-0.05, 0) is 55.8 Å². The molecule has 0 saturated heterocycles. The monoisotopic (exact) mass is 451 g/mol. The van der Waals surface area contributed by atoms with Crippen LogP contribution in [0.5, 0.6) is 0 Å². The second-order valence-electron chi connectivity index (χ2n) is 6.57. The molecule has 6 nitrogen and oxygen atoms in total. The van der Waals surface area contributed by atoms with E-state index in [4.69, 9.17) is 0 Å². The van der Waals surface area contributed by atoms with Crippen LogP contribution in [0.3, 0.4) is 0 Å². The molecule has 1 atom stereocenters. The van der Waals surface area contributed by atoms with Gasteiger partial charge in [0, 0.05) is 22.5 Å². The zero-order chi connectivity index (χ0) is 21.9. The van der Waals surface area contributed by atoms with Crippen LogP contribution in [0.1, 0.15) is 30.6 Å². The molecule has 1 amide bonds. The van der Waals surface area contributed by atoms with Crippen molar-refractivity contribution in [1.82, 2.24) is 9.71 Å². The Bertz CT molecular complexity index is 1160. The maximum absolute atomic E-state index is 13.9. The molecule has 1 heterocycles. The number of nitrogens with one attached hydrogen (secondary N) is 2. The fourth-order valence-corrected chi connectivity index (χ4v) is 4.55. The van der Waals surface area contributed by atoms with E-state index in [0.717, 1.165) is 29.5 Å². The number of nitrogens with zero attached hydrogens (tertiary/aromatic N) is 1. The van der Waals surface area contributed by atoms with Crippen molar-refractivity contribution in [1.29, 1.82) is 0 Å². The lowest BCUT2D eigenvalue weighted by atomic mass is 10.1. The minimum atomic E-state index is -3.67. The van der Waals surface area contributed by atoms with Crippen LogP contribution in [0.15, 0.2) is 52.7 Å². The van der Waals surface area contributed by atoms with Gasteiger partial charge in [0.15, 0.2) is 5.13 Å². The summed E-state index contributed by atoms with van der Waals surface area (Å²) in [5, 5.41) is 4.28. The maximum Gasteiger partial charge on any atom is 0.257 e. The van der Waals surface area contributed by atoms with Crippen molar-refractivity contribution in [3.63, 3.8) is 0 Å². The quantitative estimate of drug-likeness (QED) is 0.557. The first-order valence-electron chi connectivity index (χ1n) is 9.04. The van der Waals surface area contributed by atoms with Crippen LogP contribution in [0.4, 0.5) is 13.9 Å². The fraction of sp³-hybridized carbons (Fsp3) is 0.200. The van der Waals surface area contributed by atoms with Crippen molar-refractivity contribution in [2.24, 2.45) is 0 Å². The summed E-state index contributed by atoms with van der Waals surface area (Å²) in [5.41, 5.74) is 0.422. The highest BCUT2D eigenvalue weighted by molar-refractivity contribution is 7.89. The highest BCUT2D eigenvalue weighted by Gasteiger charge is 2.18. The summed E-state index contributed by atoms with van der Waals surface area (Å²) < 4.78 is 54.4. The number of aromatic nitrogens is 1.